The van der Waals surface area contributed by atoms with Gasteiger partial charge in [0.05, 0.1) is 16.6 Å². The highest BCUT2D eigenvalue weighted by Gasteiger charge is 2.18. The summed E-state index contributed by atoms with van der Waals surface area (Å²) in [6, 6.07) is 19.6. The SMILES string of the molecule is CCc1ccc(-c2c3ccc(=N)cc-3n(C)c3cc(N(C)C)ccc23)cc1CC. The van der Waals surface area contributed by atoms with Gasteiger partial charge >= 0.3 is 0 Å². The Morgan fingerprint density at radius 3 is 2.31 bits per heavy atom. The molecular formula is C26H29N3. The largest absolute Gasteiger partial charge is 0.378 e. The molecule has 1 heterocycles. The molecule has 29 heavy (non-hydrogen) atoms. The highest BCUT2D eigenvalue weighted by atomic mass is 15.1. The van der Waals surface area contributed by atoms with E-state index >= 15 is 0 Å². The summed E-state index contributed by atoms with van der Waals surface area (Å²) in [5.41, 5.74) is 10.0. The number of rotatable bonds is 4. The fourth-order valence-electron chi connectivity index (χ4n) is 4.35. The van der Waals surface area contributed by atoms with Crippen molar-refractivity contribution >= 4 is 16.6 Å². The van der Waals surface area contributed by atoms with Gasteiger partial charge < -0.3 is 14.9 Å². The van der Waals surface area contributed by atoms with E-state index in [-0.39, 0.29) is 0 Å². The Bertz CT molecular complexity index is 1230. The minimum atomic E-state index is 0.540. The average Bonchev–Trinajstić information content (AvgIpc) is 2.73. The van der Waals surface area contributed by atoms with Gasteiger partial charge in [0, 0.05) is 43.3 Å². The summed E-state index contributed by atoms with van der Waals surface area (Å²) in [4.78, 5) is 2.13. The van der Waals surface area contributed by atoms with E-state index in [4.69, 9.17) is 5.41 Å². The van der Waals surface area contributed by atoms with E-state index < -0.39 is 0 Å². The van der Waals surface area contributed by atoms with E-state index in [0.717, 1.165) is 18.5 Å². The van der Waals surface area contributed by atoms with Crippen molar-refractivity contribution in [3.8, 4) is 22.4 Å². The van der Waals surface area contributed by atoms with Crippen molar-refractivity contribution in [2.45, 2.75) is 26.7 Å². The van der Waals surface area contributed by atoms with Crippen LogP contribution in [0.5, 0.6) is 0 Å². The van der Waals surface area contributed by atoms with Crippen molar-refractivity contribution < 1.29 is 0 Å². The first kappa shape index (κ1) is 19.3. The fourth-order valence-corrected chi connectivity index (χ4v) is 4.35. The maximum Gasteiger partial charge on any atom is 0.0561 e. The normalized spacial score (nSPS) is 11.3. The topological polar surface area (TPSA) is 32.0 Å². The van der Waals surface area contributed by atoms with Gasteiger partial charge in [-0.1, -0.05) is 44.2 Å². The Morgan fingerprint density at radius 1 is 0.862 bits per heavy atom. The lowest BCUT2D eigenvalue weighted by Crippen LogP contribution is -2.11. The van der Waals surface area contributed by atoms with Gasteiger partial charge in [-0.15, -0.1) is 0 Å². The van der Waals surface area contributed by atoms with Gasteiger partial charge in [0.2, 0.25) is 0 Å². The second-order valence-electron chi connectivity index (χ2n) is 7.95. The third-order valence-corrected chi connectivity index (χ3v) is 6.01. The minimum Gasteiger partial charge on any atom is -0.378 e. The van der Waals surface area contributed by atoms with Gasteiger partial charge in [-0.2, -0.15) is 0 Å². The number of aromatic nitrogens is 1. The first-order valence-corrected chi connectivity index (χ1v) is 10.3. The summed E-state index contributed by atoms with van der Waals surface area (Å²) in [6.07, 6.45) is 2.10. The molecule has 0 amide bonds. The number of fused-ring (bicyclic) bond motifs is 2. The maximum absolute atomic E-state index is 8.16. The summed E-state index contributed by atoms with van der Waals surface area (Å²) in [7, 11) is 6.25. The number of aryl methyl sites for hydroxylation is 3. The number of hydrogen-bond acceptors (Lipinski definition) is 2. The molecule has 0 saturated carbocycles. The van der Waals surface area contributed by atoms with E-state index in [0.29, 0.717) is 5.36 Å². The highest BCUT2D eigenvalue weighted by Crippen LogP contribution is 2.40. The van der Waals surface area contributed by atoms with E-state index in [2.05, 4.69) is 86.9 Å². The molecule has 1 aliphatic carbocycles. The van der Waals surface area contributed by atoms with Gasteiger partial charge in [0.25, 0.3) is 0 Å². The van der Waals surface area contributed by atoms with Gasteiger partial charge in [0.15, 0.2) is 0 Å². The Balaban J connectivity index is 2.14. The second kappa shape index (κ2) is 7.40. The molecule has 0 unspecified atom stereocenters. The lowest BCUT2D eigenvalue weighted by molar-refractivity contribution is 0.956. The monoisotopic (exact) mass is 383 g/mol. The Hall–Kier alpha value is -3.07. The van der Waals surface area contributed by atoms with Crippen LogP contribution in [0, 0.1) is 5.41 Å². The predicted molar refractivity (Wildman–Crippen MR) is 124 cm³/mol. The summed E-state index contributed by atoms with van der Waals surface area (Å²) in [5.74, 6) is 0. The van der Waals surface area contributed by atoms with Crippen LogP contribution in [0.2, 0.25) is 0 Å². The van der Waals surface area contributed by atoms with Crippen molar-refractivity contribution in [3.63, 3.8) is 0 Å². The molecule has 3 nitrogen and oxygen atoms in total. The summed E-state index contributed by atoms with van der Waals surface area (Å²) in [5, 5.41) is 9.95. The molecule has 0 radical (unpaired) electrons. The summed E-state index contributed by atoms with van der Waals surface area (Å²) in [6.45, 7) is 4.45. The zero-order valence-corrected chi connectivity index (χ0v) is 18.0. The van der Waals surface area contributed by atoms with Crippen molar-refractivity contribution in [3.05, 3.63) is 71.1 Å². The molecule has 0 aromatic heterocycles. The number of pyridine rings is 1. The molecular weight excluding hydrogens is 354 g/mol. The second-order valence-corrected chi connectivity index (χ2v) is 7.95. The smallest absolute Gasteiger partial charge is 0.0561 e. The van der Waals surface area contributed by atoms with Crippen LogP contribution in [-0.4, -0.2) is 18.7 Å². The third-order valence-electron chi connectivity index (χ3n) is 6.01. The molecule has 1 N–H and O–H groups in total. The quantitative estimate of drug-likeness (QED) is 0.456. The zero-order chi connectivity index (χ0) is 20.7. The molecule has 2 aliphatic rings. The van der Waals surface area contributed by atoms with Crippen LogP contribution in [0.1, 0.15) is 25.0 Å². The lowest BCUT2D eigenvalue weighted by atomic mass is 9.89. The molecule has 148 valence electrons. The number of benzene rings is 3. The number of nitrogens with zero attached hydrogens (tertiary/aromatic N) is 2. The van der Waals surface area contributed by atoms with Crippen LogP contribution >= 0.6 is 0 Å². The van der Waals surface area contributed by atoms with E-state index in [9.17, 15) is 0 Å². The van der Waals surface area contributed by atoms with Crippen LogP contribution in [0.25, 0.3) is 33.3 Å². The molecule has 0 bridgehead atoms. The van der Waals surface area contributed by atoms with Crippen LogP contribution in [0.3, 0.4) is 0 Å². The maximum atomic E-state index is 8.16. The van der Waals surface area contributed by atoms with Crippen LogP contribution in [-0.2, 0) is 19.9 Å². The van der Waals surface area contributed by atoms with Crippen molar-refractivity contribution in [1.82, 2.24) is 4.57 Å². The van der Waals surface area contributed by atoms with E-state index in [1.165, 1.54) is 44.4 Å². The number of anilines is 1. The Morgan fingerprint density at radius 2 is 1.62 bits per heavy atom. The molecule has 0 atom stereocenters. The van der Waals surface area contributed by atoms with Crippen molar-refractivity contribution in [1.29, 1.82) is 5.41 Å². The molecule has 0 spiro atoms. The highest BCUT2D eigenvalue weighted by molar-refractivity contribution is 6.04. The molecule has 0 saturated heterocycles. The lowest BCUT2D eigenvalue weighted by Gasteiger charge is -2.23. The van der Waals surface area contributed by atoms with E-state index in [1.807, 2.05) is 12.1 Å². The molecule has 3 heteroatoms. The predicted octanol–water partition coefficient (Wildman–Crippen LogP) is 5.62. The van der Waals surface area contributed by atoms with Gasteiger partial charge in [-0.05, 0) is 53.8 Å². The summed E-state index contributed by atoms with van der Waals surface area (Å²) >= 11 is 0. The third kappa shape index (κ3) is 3.21. The van der Waals surface area contributed by atoms with Crippen LogP contribution in [0.15, 0.2) is 54.6 Å². The number of nitrogens with one attached hydrogen (secondary N) is 1. The molecule has 2 aromatic carbocycles. The minimum absolute atomic E-state index is 0.540. The standard InChI is InChI=1S/C26H29N3/c1-6-17-8-9-19(14-18(17)7-2)26-22-12-10-20(27)15-24(22)29(5)25-16-21(28(3)4)11-13-23(25)26/h8-16,27H,6-7H2,1-5H3. The Labute approximate surface area is 173 Å². The molecule has 4 rings (SSSR count). The number of hydrogen-bond donors (Lipinski definition) is 1. The van der Waals surface area contributed by atoms with Crippen LogP contribution in [0.4, 0.5) is 5.69 Å². The van der Waals surface area contributed by atoms with Gasteiger partial charge in [-0.25, -0.2) is 0 Å². The average molecular weight is 384 g/mol. The fraction of sp³-hybridized carbons (Fsp3) is 0.269. The molecule has 2 aromatic rings. The first-order chi connectivity index (χ1) is 13.9. The zero-order valence-electron chi connectivity index (χ0n) is 18.0. The van der Waals surface area contributed by atoms with Gasteiger partial charge in [0.1, 0.15) is 0 Å². The first-order valence-electron chi connectivity index (χ1n) is 10.3. The van der Waals surface area contributed by atoms with Crippen molar-refractivity contribution in [2.24, 2.45) is 7.05 Å². The Kier molecular flexibility index (Phi) is 4.91. The van der Waals surface area contributed by atoms with Gasteiger partial charge in [-0.3, -0.25) is 0 Å². The molecule has 1 aliphatic heterocycles. The van der Waals surface area contributed by atoms with E-state index in [1.54, 1.807) is 0 Å². The van der Waals surface area contributed by atoms with Crippen molar-refractivity contribution in [2.75, 3.05) is 19.0 Å². The molecule has 0 fully saturated rings. The summed E-state index contributed by atoms with van der Waals surface area (Å²) < 4.78 is 2.22. The van der Waals surface area contributed by atoms with Crippen LogP contribution < -0.4 is 10.3 Å².